The van der Waals surface area contributed by atoms with E-state index < -0.39 is 17.5 Å². The second-order valence-electron chi connectivity index (χ2n) is 3.92. The summed E-state index contributed by atoms with van der Waals surface area (Å²) < 4.78 is 19.5. The van der Waals surface area contributed by atoms with Crippen LogP contribution in [0.4, 0.5) is 4.79 Å². The summed E-state index contributed by atoms with van der Waals surface area (Å²) in [7, 11) is 0. The molecule has 0 saturated carbocycles. The summed E-state index contributed by atoms with van der Waals surface area (Å²) in [4.78, 5) is 10.9. The molecule has 1 N–H and O–H groups in total. The molecule has 1 atom stereocenters. The molecule has 0 aliphatic carbocycles. The standard InChI is InChI=1S/C10H18N2O3S/c1-5-8-15-9(13)11-6-7-12-16(14)10(2,3)4/h5,7H,1,6,8H2,2-4H3,(H,11,13). The largest absolute Gasteiger partial charge is 0.591 e. The molecule has 0 aliphatic rings. The maximum atomic E-state index is 11.4. The van der Waals surface area contributed by atoms with Crippen LogP contribution in [-0.4, -0.2) is 34.8 Å². The Balaban J connectivity index is 3.77. The van der Waals surface area contributed by atoms with E-state index in [1.54, 1.807) is 0 Å². The van der Waals surface area contributed by atoms with Crippen LogP contribution in [0.15, 0.2) is 17.1 Å². The van der Waals surface area contributed by atoms with Crippen LogP contribution in [0, 0.1) is 0 Å². The van der Waals surface area contributed by atoms with E-state index in [4.69, 9.17) is 0 Å². The van der Waals surface area contributed by atoms with Crippen molar-refractivity contribution in [1.82, 2.24) is 5.32 Å². The van der Waals surface area contributed by atoms with Gasteiger partial charge in [0.1, 0.15) is 22.7 Å². The summed E-state index contributed by atoms with van der Waals surface area (Å²) in [5.74, 6) is 0. The smallest absolute Gasteiger partial charge is 0.407 e. The number of carbonyl (C=O) groups is 1. The third-order valence-electron chi connectivity index (χ3n) is 1.36. The summed E-state index contributed by atoms with van der Waals surface area (Å²) in [5, 5.41) is 2.43. The van der Waals surface area contributed by atoms with Gasteiger partial charge in [-0.15, -0.1) is 0 Å². The first kappa shape index (κ1) is 15.0. The van der Waals surface area contributed by atoms with Gasteiger partial charge >= 0.3 is 6.09 Å². The molecule has 0 bridgehead atoms. The molecule has 16 heavy (non-hydrogen) atoms. The quantitative estimate of drug-likeness (QED) is 0.453. The van der Waals surface area contributed by atoms with Crippen LogP contribution in [0.5, 0.6) is 0 Å². The minimum Gasteiger partial charge on any atom is -0.591 e. The minimum atomic E-state index is -1.30. The molecular weight excluding hydrogens is 228 g/mol. The van der Waals surface area contributed by atoms with E-state index in [9.17, 15) is 9.35 Å². The highest BCUT2D eigenvalue weighted by Gasteiger charge is 2.25. The van der Waals surface area contributed by atoms with E-state index in [1.807, 2.05) is 20.8 Å². The predicted octanol–water partition coefficient (Wildman–Crippen LogP) is 1.43. The fraction of sp³-hybridized carbons (Fsp3) is 0.600. The lowest BCUT2D eigenvalue weighted by Gasteiger charge is -2.17. The van der Waals surface area contributed by atoms with Crippen LogP contribution in [0.2, 0.25) is 0 Å². The maximum Gasteiger partial charge on any atom is 0.407 e. The molecule has 0 aromatic heterocycles. The van der Waals surface area contributed by atoms with Crippen LogP contribution >= 0.6 is 0 Å². The Hall–Kier alpha value is -1.01. The number of nitrogens with zero attached hydrogens (tertiary/aromatic N) is 1. The average Bonchev–Trinajstić information content (AvgIpc) is 2.19. The Bertz CT molecular complexity index is 261. The van der Waals surface area contributed by atoms with Crippen molar-refractivity contribution < 1.29 is 14.1 Å². The molecule has 1 unspecified atom stereocenters. The second kappa shape index (κ2) is 7.29. The summed E-state index contributed by atoms with van der Waals surface area (Å²) in [6.07, 6.45) is 2.33. The Labute approximate surface area is 99.3 Å². The monoisotopic (exact) mass is 246 g/mol. The Morgan fingerprint density at radius 1 is 1.62 bits per heavy atom. The highest BCUT2D eigenvalue weighted by Crippen LogP contribution is 2.15. The molecule has 0 radical (unpaired) electrons. The minimum absolute atomic E-state index is 0.164. The van der Waals surface area contributed by atoms with Gasteiger partial charge in [0.15, 0.2) is 0 Å². The van der Waals surface area contributed by atoms with Crippen molar-refractivity contribution in [3.63, 3.8) is 0 Å². The lowest BCUT2D eigenvalue weighted by Crippen LogP contribution is -2.28. The number of hydrogen-bond acceptors (Lipinski definition) is 4. The summed E-state index contributed by atoms with van der Waals surface area (Å²) >= 11 is -1.30. The van der Waals surface area contributed by atoms with Crippen LogP contribution in [-0.2, 0) is 16.1 Å². The average molecular weight is 246 g/mol. The van der Waals surface area contributed by atoms with Gasteiger partial charge in [-0.3, -0.25) is 0 Å². The van der Waals surface area contributed by atoms with Crippen molar-refractivity contribution in [2.75, 3.05) is 13.2 Å². The normalized spacial score (nSPS) is 13.5. The van der Waals surface area contributed by atoms with Gasteiger partial charge in [0.25, 0.3) is 0 Å². The van der Waals surface area contributed by atoms with Crippen molar-refractivity contribution in [3.8, 4) is 0 Å². The molecule has 0 spiro atoms. The maximum absolute atomic E-state index is 11.4. The highest BCUT2D eigenvalue weighted by molar-refractivity contribution is 7.91. The zero-order valence-electron chi connectivity index (χ0n) is 9.86. The number of carbonyl (C=O) groups excluding carboxylic acids is 1. The number of nitrogens with one attached hydrogen (secondary N) is 1. The van der Waals surface area contributed by atoms with Crippen molar-refractivity contribution in [1.29, 1.82) is 0 Å². The van der Waals surface area contributed by atoms with E-state index in [1.165, 1.54) is 12.3 Å². The fourth-order valence-corrected chi connectivity index (χ4v) is 1.10. The molecule has 1 amide bonds. The van der Waals surface area contributed by atoms with Gasteiger partial charge in [-0.25, -0.2) is 4.79 Å². The van der Waals surface area contributed by atoms with E-state index in [-0.39, 0.29) is 17.9 Å². The first-order valence-corrected chi connectivity index (χ1v) is 5.94. The van der Waals surface area contributed by atoms with Gasteiger partial charge in [-0.1, -0.05) is 17.1 Å². The van der Waals surface area contributed by atoms with Gasteiger partial charge in [0, 0.05) is 0 Å². The Kier molecular flexibility index (Phi) is 6.83. The topological polar surface area (TPSA) is 73.8 Å². The van der Waals surface area contributed by atoms with Gasteiger partial charge in [0.2, 0.25) is 0 Å². The lowest BCUT2D eigenvalue weighted by molar-refractivity contribution is 0.160. The van der Waals surface area contributed by atoms with E-state index in [2.05, 4.69) is 21.0 Å². The molecule has 0 aromatic carbocycles. The lowest BCUT2D eigenvalue weighted by atomic mass is 10.3. The third kappa shape index (κ3) is 7.30. The van der Waals surface area contributed by atoms with Gasteiger partial charge in [-0.2, -0.15) is 0 Å². The molecule has 0 fully saturated rings. The van der Waals surface area contributed by atoms with Crippen LogP contribution in [0.1, 0.15) is 20.8 Å². The zero-order valence-corrected chi connectivity index (χ0v) is 10.7. The fourth-order valence-electron chi connectivity index (χ4n) is 0.578. The third-order valence-corrected chi connectivity index (χ3v) is 2.75. The first-order valence-electron chi connectivity index (χ1n) is 4.84. The zero-order chi connectivity index (χ0) is 12.6. The number of hydrogen-bond donors (Lipinski definition) is 1. The number of amides is 1. The van der Waals surface area contributed by atoms with Gasteiger partial charge in [0.05, 0.1) is 12.8 Å². The number of alkyl carbamates (subject to hydrolysis) is 1. The molecular formula is C10H18N2O3S. The molecule has 0 heterocycles. The molecule has 6 heteroatoms. The Morgan fingerprint density at radius 3 is 2.75 bits per heavy atom. The molecule has 92 valence electrons. The van der Waals surface area contributed by atoms with Crippen molar-refractivity contribution in [2.24, 2.45) is 4.40 Å². The van der Waals surface area contributed by atoms with Gasteiger partial charge < -0.3 is 14.6 Å². The van der Waals surface area contributed by atoms with Crippen molar-refractivity contribution >= 4 is 23.7 Å². The molecule has 0 aliphatic heterocycles. The molecule has 0 saturated heterocycles. The number of ether oxygens (including phenoxy) is 1. The van der Waals surface area contributed by atoms with Crippen molar-refractivity contribution in [2.45, 2.75) is 25.5 Å². The predicted molar refractivity (Wildman–Crippen MR) is 65.9 cm³/mol. The first-order chi connectivity index (χ1) is 7.38. The SMILES string of the molecule is C=CCOC(=O)NCC=N[S+]([O-])C(C)(C)C. The van der Waals surface area contributed by atoms with Crippen LogP contribution < -0.4 is 5.32 Å². The number of rotatable bonds is 5. The highest BCUT2D eigenvalue weighted by atomic mass is 32.2. The van der Waals surface area contributed by atoms with Crippen LogP contribution in [0.3, 0.4) is 0 Å². The van der Waals surface area contributed by atoms with E-state index in [0.717, 1.165) is 0 Å². The van der Waals surface area contributed by atoms with E-state index >= 15 is 0 Å². The van der Waals surface area contributed by atoms with Gasteiger partial charge in [-0.05, 0) is 20.8 Å². The molecule has 0 aromatic rings. The molecule has 0 rings (SSSR count). The molecule has 5 nitrogen and oxygen atoms in total. The summed E-state index contributed by atoms with van der Waals surface area (Å²) in [5.41, 5.74) is 0. The second-order valence-corrected chi connectivity index (χ2v) is 5.85. The summed E-state index contributed by atoms with van der Waals surface area (Å²) in [6.45, 7) is 9.24. The van der Waals surface area contributed by atoms with E-state index in [0.29, 0.717) is 0 Å². The Morgan fingerprint density at radius 2 is 2.25 bits per heavy atom. The van der Waals surface area contributed by atoms with Crippen LogP contribution in [0.25, 0.3) is 0 Å². The van der Waals surface area contributed by atoms with Crippen molar-refractivity contribution in [3.05, 3.63) is 12.7 Å². The summed E-state index contributed by atoms with van der Waals surface area (Å²) in [6, 6.07) is 0.